The van der Waals surface area contributed by atoms with Crippen molar-refractivity contribution in [3.8, 4) is 0 Å². The molecule has 1 rings (SSSR count). The second-order valence-electron chi connectivity index (χ2n) is 4.33. The molecule has 4 nitrogen and oxygen atoms in total. The molecule has 0 spiro atoms. The molecule has 0 saturated heterocycles. The summed E-state index contributed by atoms with van der Waals surface area (Å²) in [6.45, 7) is 3.74. The number of hydrogen-bond donors (Lipinski definition) is 3. The fourth-order valence-electron chi connectivity index (χ4n) is 1.91. The molecule has 0 aromatic heterocycles. The van der Waals surface area contributed by atoms with Gasteiger partial charge in [0, 0.05) is 6.04 Å². The van der Waals surface area contributed by atoms with Crippen molar-refractivity contribution in [3.05, 3.63) is 0 Å². The maximum Gasteiger partial charge on any atom is 0.320 e. The molecule has 0 radical (unpaired) electrons. The Bertz CT molecular complexity index is 206. The molecule has 3 unspecified atom stereocenters. The monoisotopic (exact) mass is 201 g/mol. The summed E-state index contributed by atoms with van der Waals surface area (Å²) in [7, 11) is 0. The predicted octanol–water partition coefficient (Wildman–Crippen LogP) is 0.599. The lowest BCUT2D eigenvalue weighted by Crippen LogP contribution is -2.49. The van der Waals surface area contributed by atoms with E-state index < -0.39 is 12.0 Å². The van der Waals surface area contributed by atoms with Crippen LogP contribution in [0.15, 0.2) is 0 Å². The van der Waals surface area contributed by atoms with E-state index in [-0.39, 0.29) is 18.1 Å². The molecule has 0 bridgehead atoms. The van der Waals surface area contributed by atoms with Gasteiger partial charge < -0.3 is 10.2 Å². The molecule has 0 amide bonds. The van der Waals surface area contributed by atoms with Gasteiger partial charge in [0.15, 0.2) is 0 Å². The molecule has 82 valence electrons. The van der Waals surface area contributed by atoms with E-state index in [9.17, 15) is 9.90 Å². The molecule has 0 aliphatic heterocycles. The van der Waals surface area contributed by atoms with Crippen molar-refractivity contribution in [3.63, 3.8) is 0 Å². The predicted molar refractivity (Wildman–Crippen MR) is 53.0 cm³/mol. The van der Waals surface area contributed by atoms with Crippen LogP contribution in [0.3, 0.4) is 0 Å². The van der Waals surface area contributed by atoms with E-state index in [1.807, 2.05) is 13.8 Å². The first kappa shape index (κ1) is 11.5. The van der Waals surface area contributed by atoms with Crippen molar-refractivity contribution in [2.24, 2.45) is 5.92 Å². The van der Waals surface area contributed by atoms with Gasteiger partial charge in [-0.2, -0.15) is 0 Å². The average molecular weight is 201 g/mol. The Hall–Kier alpha value is -0.610. The van der Waals surface area contributed by atoms with E-state index in [1.165, 1.54) is 0 Å². The molecular formula is C10H19NO3. The van der Waals surface area contributed by atoms with Crippen LogP contribution in [0, 0.1) is 5.92 Å². The van der Waals surface area contributed by atoms with Gasteiger partial charge in [-0.25, -0.2) is 0 Å². The molecule has 1 saturated carbocycles. The number of rotatable bonds is 4. The molecule has 3 N–H and O–H groups in total. The van der Waals surface area contributed by atoms with Crippen molar-refractivity contribution in [1.82, 2.24) is 5.32 Å². The number of aliphatic carboxylic acids is 1. The van der Waals surface area contributed by atoms with Gasteiger partial charge in [-0.1, -0.05) is 13.8 Å². The largest absolute Gasteiger partial charge is 0.480 e. The summed E-state index contributed by atoms with van der Waals surface area (Å²) in [4.78, 5) is 10.9. The Kier molecular flexibility index (Phi) is 3.89. The van der Waals surface area contributed by atoms with Gasteiger partial charge in [0.25, 0.3) is 0 Å². The molecule has 0 aromatic carbocycles. The average Bonchev–Trinajstić information content (AvgIpc) is 2.46. The van der Waals surface area contributed by atoms with Gasteiger partial charge in [0.2, 0.25) is 0 Å². The SMILES string of the molecule is CC(C)C(NC1CCCC1O)C(=O)O. The van der Waals surface area contributed by atoms with Crippen molar-refractivity contribution in [1.29, 1.82) is 0 Å². The molecule has 1 aliphatic carbocycles. The molecule has 14 heavy (non-hydrogen) atoms. The van der Waals surface area contributed by atoms with Gasteiger partial charge in [-0.05, 0) is 25.2 Å². The number of carboxylic acid groups (broad SMARTS) is 1. The third-order valence-electron chi connectivity index (χ3n) is 2.81. The van der Waals surface area contributed by atoms with Crippen LogP contribution in [-0.2, 0) is 4.79 Å². The molecular weight excluding hydrogens is 182 g/mol. The first-order chi connectivity index (χ1) is 6.52. The van der Waals surface area contributed by atoms with Crippen LogP contribution in [0.2, 0.25) is 0 Å². The summed E-state index contributed by atoms with van der Waals surface area (Å²) in [5.74, 6) is -0.792. The van der Waals surface area contributed by atoms with Crippen LogP contribution in [-0.4, -0.2) is 34.4 Å². The lowest BCUT2D eigenvalue weighted by molar-refractivity contribution is -0.141. The Labute approximate surface area is 84.3 Å². The Morgan fingerprint density at radius 3 is 2.43 bits per heavy atom. The fourth-order valence-corrected chi connectivity index (χ4v) is 1.91. The van der Waals surface area contributed by atoms with E-state index >= 15 is 0 Å². The highest BCUT2D eigenvalue weighted by molar-refractivity contribution is 5.73. The van der Waals surface area contributed by atoms with E-state index in [2.05, 4.69) is 5.32 Å². The minimum absolute atomic E-state index is 0.0419. The topological polar surface area (TPSA) is 69.6 Å². The number of hydrogen-bond acceptors (Lipinski definition) is 3. The zero-order valence-corrected chi connectivity index (χ0v) is 8.73. The van der Waals surface area contributed by atoms with E-state index in [0.29, 0.717) is 0 Å². The Morgan fingerprint density at radius 2 is 2.07 bits per heavy atom. The summed E-state index contributed by atoms with van der Waals surface area (Å²) in [6.07, 6.45) is 2.25. The van der Waals surface area contributed by atoms with Gasteiger partial charge >= 0.3 is 5.97 Å². The number of aliphatic hydroxyl groups is 1. The lowest BCUT2D eigenvalue weighted by Gasteiger charge is -2.24. The van der Waals surface area contributed by atoms with E-state index in [0.717, 1.165) is 19.3 Å². The third kappa shape index (κ3) is 2.69. The summed E-state index contributed by atoms with van der Waals surface area (Å²) in [5.41, 5.74) is 0. The molecule has 3 atom stereocenters. The summed E-state index contributed by atoms with van der Waals surface area (Å²) in [5, 5.41) is 21.5. The molecule has 4 heteroatoms. The highest BCUT2D eigenvalue weighted by Crippen LogP contribution is 2.20. The standard InChI is InChI=1S/C10H19NO3/c1-6(2)9(10(13)14)11-7-4-3-5-8(7)12/h6-9,11-12H,3-5H2,1-2H3,(H,13,14). The van der Waals surface area contributed by atoms with Crippen molar-refractivity contribution >= 4 is 5.97 Å². The zero-order valence-electron chi connectivity index (χ0n) is 8.73. The number of nitrogens with one attached hydrogen (secondary N) is 1. The maximum absolute atomic E-state index is 10.9. The second-order valence-corrected chi connectivity index (χ2v) is 4.33. The van der Waals surface area contributed by atoms with Crippen LogP contribution < -0.4 is 5.32 Å². The van der Waals surface area contributed by atoms with Crippen molar-refractivity contribution in [2.45, 2.75) is 51.3 Å². The van der Waals surface area contributed by atoms with Gasteiger partial charge in [0.05, 0.1) is 6.10 Å². The van der Waals surface area contributed by atoms with Crippen LogP contribution >= 0.6 is 0 Å². The van der Waals surface area contributed by atoms with Crippen molar-refractivity contribution < 1.29 is 15.0 Å². The third-order valence-corrected chi connectivity index (χ3v) is 2.81. The Morgan fingerprint density at radius 1 is 1.43 bits per heavy atom. The molecule has 1 aliphatic rings. The zero-order chi connectivity index (χ0) is 10.7. The van der Waals surface area contributed by atoms with Gasteiger partial charge in [-0.15, -0.1) is 0 Å². The number of carbonyl (C=O) groups is 1. The Balaban J connectivity index is 2.50. The normalized spacial score (nSPS) is 29.4. The summed E-state index contributed by atoms with van der Waals surface area (Å²) >= 11 is 0. The van der Waals surface area contributed by atoms with Crippen molar-refractivity contribution in [2.75, 3.05) is 0 Å². The summed E-state index contributed by atoms with van der Waals surface area (Å²) < 4.78 is 0. The highest BCUT2D eigenvalue weighted by Gasteiger charge is 2.31. The minimum atomic E-state index is -0.834. The maximum atomic E-state index is 10.9. The van der Waals surface area contributed by atoms with Gasteiger partial charge in [0.1, 0.15) is 6.04 Å². The fraction of sp³-hybridized carbons (Fsp3) is 0.900. The van der Waals surface area contributed by atoms with Crippen LogP contribution in [0.1, 0.15) is 33.1 Å². The number of aliphatic hydroxyl groups excluding tert-OH is 1. The molecule has 0 heterocycles. The van der Waals surface area contributed by atoms with Crippen LogP contribution in [0.5, 0.6) is 0 Å². The minimum Gasteiger partial charge on any atom is -0.480 e. The summed E-state index contributed by atoms with van der Waals surface area (Å²) in [6, 6.07) is -0.591. The van der Waals surface area contributed by atoms with E-state index in [1.54, 1.807) is 0 Å². The highest BCUT2D eigenvalue weighted by atomic mass is 16.4. The van der Waals surface area contributed by atoms with Crippen LogP contribution in [0.4, 0.5) is 0 Å². The van der Waals surface area contributed by atoms with Crippen LogP contribution in [0.25, 0.3) is 0 Å². The molecule has 1 fully saturated rings. The smallest absolute Gasteiger partial charge is 0.320 e. The number of carboxylic acids is 1. The second kappa shape index (κ2) is 4.75. The van der Waals surface area contributed by atoms with Gasteiger partial charge in [-0.3, -0.25) is 10.1 Å². The lowest BCUT2D eigenvalue weighted by atomic mass is 10.0. The molecule has 0 aromatic rings. The first-order valence-corrected chi connectivity index (χ1v) is 5.19. The quantitative estimate of drug-likeness (QED) is 0.623. The first-order valence-electron chi connectivity index (χ1n) is 5.19. The van der Waals surface area contributed by atoms with E-state index in [4.69, 9.17) is 5.11 Å².